The Morgan fingerprint density at radius 3 is 2.77 bits per heavy atom. The first-order valence-corrected chi connectivity index (χ1v) is 6.94. The molecule has 1 aromatic rings. The average molecular weight is 309 g/mol. The molecule has 7 heteroatoms. The van der Waals surface area contributed by atoms with Crippen LogP contribution in [-0.2, 0) is 4.79 Å². The number of nitriles is 1. The van der Waals surface area contributed by atoms with Crippen molar-refractivity contribution in [2.75, 3.05) is 13.1 Å². The smallest absolute Gasteiger partial charge is 0.254 e. The lowest BCUT2D eigenvalue weighted by Crippen LogP contribution is -2.39. The molecule has 2 saturated heterocycles. The molecule has 4 nitrogen and oxygen atoms in total. The molecule has 22 heavy (non-hydrogen) atoms. The predicted molar refractivity (Wildman–Crippen MR) is 71.0 cm³/mol. The van der Waals surface area contributed by atoms with Gasteiger partial charge in [0.1, 0.15) is 11.2 Å². The van der Waals surface area contributed by atoms with Gasteiger partial charge in [-0.1, -0.05) is 0 Å². The van der Waals surface area contributed by atoms with Crippen LogP contribution < -0.4 is 0 Å². The molecule has 0 aromatic heterocycles. The van der Waals surface area contributed by atoms with Crippen LogP contribution in [0.5, 0.6) is 0 Å². The fourth-order valence-corrected chi connectivity index (χ4v) is 3.17. The largest absolute Gasteiger partial charge is 0.272 e. The summed E-state index contributed by atoms with van der Waals surface area (Å²) in [5, 5.41) is 11.8. The maximum Gasteiger partial charge on any atom is 0.254 e. The highest BCUT2D eigenvalue weighted by atomic mass is 19.3. The summed E-state index contributed by atoms with van der Waals surface area (Å²) < 4.78 is 40.0. The Kier molecular flexibility index (Phi) is 3.37. The van der Waals surface area contributed by atoms with Crippen molar-refractivity contribution in [1.29, 1.82) is 5.26 Å². The molecule has 2 atom stereocenters. The van der Waals surface area contributed by atoms with Crippen LogP contribution in [0.1, 0.15) is 30.5 Å². The van der Waals surface area contributed by atoms with Crippen LogP contribution in [-0.4, -0.2) is 35.4 Å². The number of carbonyl (C=O) groups is 1. The first kappa shape index (κ1) is 14.9. The Morgan fingerprint density at radius 1 is 1.41 bits per heavy atom. The number of rotatable bonds is 2. The molecule has 2 fully saturated rings. The molecule has 3 rings (SSSR count). The van der Waals surface area contributed by atoms with E-state index in [9.17, 15) is 18.0 Å². The van der Waals surface area contributed by atoms with Gasteiger partial charge in [0.15, 0.2) is 0 Å². The van der Waals surface area contributed by atoms with E-state index in [1.807, 2.05) is 6.07 Å². The highest BCUT2D eigenvalue weighted by molar-refractivity contribution is 5.85. The van der Waals surface area contributed by atoms with Gasteiger partial charge in [-0.05, 0) is 37.1 Å². The van der Waals surface area contributed by atoms with Crippen molar-refractivity contribution >= 4 is 5.91 Å². The van der Waals surface area contributed by atoms with Gasteiger partial charge >= 0.3 is 0 Å². The zero-order chi connectivity index (χ0) is 16.1. The van der Waals surface area contributed by atoms with Gasteiger partial charge in [-0.25, -0.2) is 18.2 Å². The molecule has 2 aliphatic rings. The quantitative estimate of drug-likeness (QED) is 0.843. The van der Waals surface area contributed by atoms with Crippen molar-refractivity contribution in [3.63, 3.8) is 0 Å². The van der Waals surface area contributed by atoms with Gasteiger partial charge in [-0.15, -0.1) is 0 Å². The van der Waals surface area contributed by atoms with E-state index in [0.717, 1.165) is 6.07 Å². The lowest BCUT2D eigenvalue weighted by atomic mass is 9.90. The minimum atomic E-state index is -2.76. The maximum absolute atomic E-state index is 13.6. The number of hydrazine groups is 1. The van der Waals surface area contributed by atoms with E-state index in [1.165, 1.54) is 24.1 Å². The molecule has 2 aliphatic heterocycles. The SMILES string of the molecule is CC1(C(F)F)CN2CCC(c3cc(F)cc(C#N)c3)N2C1=O. The number of fused-ring (bicyclic) bond motifs is 1. The van der Waals surface area contributed by atoms with Crippen molar-refractivity contribution in [3.8, 4) is 6.07 Å². The lowest BCUT2D eigenvalue weighted by Gasteiger charge is -2.26. The molecule has 1 aromatic carbocycles. The standard InChI is InChI=1S/C15H14F3N3O/c1-15(13(17)18)8-20-3-2-12(21(20)14(15)22)10-4-9(7-19)5-11(16)6-10/h4-6,12-13H,2-3,8H2,1H3. The summed E-state index contributed by atoms with van der Waals surface area (Å²) in [6.07, 6.45) is -2.23. The van der Waals surface area contributed by atoms with Crippen molar-refractivity contribution in [3.05, 3.63) is 35.1 Å². The van der Waals surface area contributed by atoms with Crippen LogP contribution in [0.4, 0.5) is 13.2 Å². The Bertz CT molecular complexity index is 672. The number of amides is 1. The Balaban J connectivity index is 1.97. The molecule has 1 amide bonds. The zero-order valence-electron chi connectivity index (χ0n) is 11.9. The van der Waals surface area contributed by atoms with Crippen molar-refractivity contribution in [2.45, 2.75) is 25.8 Å². The summed E-state index contributed by atoms with van der Waals surface area (Å²) in [5.41, 5.74) is -1.12. The minimum absolute atomic E-state index is 0.0412. The summed E-state index contributed by atoms with van der Waals surface area (Å²) >= 11 is 0. The zero-order valence-corrected chi connectivity index (χ0v) is 11.9. The Labute approximate surface area is 125 Å². The predicted octanol–water partition coefficient (Wildman–Crippen LogP) is 2.47. The highest BCUT2D eigenvalue weighted by Gasteiger charge is 2.57. The summed E-state index contributed by atoms with van der Waals surface area (Å²) in [4.78, 5) is 12.4. The van der Waals surface area contributed by atoms with Gasteiger partial charge in [0.2, 0.25) is 0 Å². The van der Waals surface area contributed by atoms with E-state index in [2.05, 4.69) is 0 Å². The van der Waals surface area contributed by atoms with Crippen LogP contribution in [0.15, 0.2) is 18.2 Å². The monoisotopic (exact) mass is 309 g/mol. The number of hydrogen-bond donors (Lipinski definition) is 0. The molecule has 0 bridgehead atoms. The van der Waals surface area contributed by atoms with Crippen LogP contribution >= 0.6 is 0 Å². The average Bonchev–Trinajstić information content (AvgIpc) is 2.98. The third-order valence-corrected chi connectivity index (χ3v) is 4.38. The molecular weight excluding hydrogens is 295 g/mol. The highest BCUT2D eigenvalue weighted by Crippen LogP contribution is 2.45. The summed E-state index contributed by atoms with van der Waals surface area (Å²) in [6.45, 7) is 1.67. The first-order valence-electron chi connectivity index (χ1n) is 6.94. The second-order valence-electron chi connectivity index (χ2n) is 5.95. The van der Waals surface area contributed by atoms with E-state index in [-0.39, 0.29) is 12.1 Å². The Hall–Kier alpha value is -2.07. The molecular formula is C15H14F3N3O. The van der Waals surface area contributed by atoms with Crippen LogP contribution in [0.25, 0.3) is 0 Å². The summed E-state index contributed by atoms with van der Waals surface area (Å²) in [6, 6.07) is 5.21. The van der Waals surface area contributed by atoms with E-state index in [0.29, 0.717) is 18.5 Å². The number of benzene rings is 1. The summed E-state index contributed by atoms with van der Waals surface area (Å²) in [5.74, 6) is -1.22. The molecule has 0 N–H and O–H groups in total. The van der Waals surface area contributed by atoms with E-state index in [1.54, 1.807) is 5.01 Å². The van der Waals surface area contributed by atoms with Gasteiger partial charge < -0.3 is 0 Å². The molecule has 0 saturated carbocycles. The number of carbonyl (C=O) groups excluding carboxylic acids is 1. The molecule has 116 valence electrons. The number of alkyl halides is 2. The van der Waals surface area contributed by atoms with Gasteiger partial charge in [0.25, 0.3) is 12.3 Å². The van der Waals surface area contributed by atoms with Gasteiger partial charge in [-0.2, -0.15) is 5.26 Å². The fourth-order valence-electron chi connectivity index (χ4n) is 3.17. The van der Waals surface area contributed by atoms with Crippen LogP contribution in [0.2, 0.25) is 0 Å². The maximum atomic E-state index is 13.6. The van der Waals surface area contributed by atoms with E-state index in [4.69, 9.17) is 5.26 Å². The number of nitrogens with zero attached hydrogens (tertiary/aromatic N) is 3. The van der Waals surface area contributed by atoms with E-state index >= 15 is 0 Å². The second kappa shape index (κ2) is 4.99. The molecule has 0 spiro atoms. The van der Waals surface area contributed by atoms with Gasteiger partial charge in [-0.3, -0.25) is 9.80 Å². The van der Waals surface area contributed by atoms with E-state index < -0.39 is 29.6 Å². The first-order chi connectivity index (χ1) is 10.4. The summed E-state index contributed by atoms with van der Waals surface area (Å²) in [7, 11) is 0. The van der Waals surface area contributed by atoms with Crippen molar-refractivity contribution < 1.29 is 18.0 Å². The lowest BCUT2D eigenvalue weighted by molar-refractivity contribution is -0.147. The van der Waals surface area contributed by atoms with Crippen molar-refractivity contribution in [1.82, 2.24) is 10.0 Å². The third kappa shape index (κ3) is 2.06. The Morgan fingerprint density at radius 2 is 2.14 bits per heavy atom. The number of hydrogen-bond acceptors (Lipinski definition) is 3. The normalized spacial score (nSPS) is 28.3. The van der Waals surface area contributed by atoms with Crippen LogP contribution in [0.3, 0.4) is 0 Å². The van der Waals surface area contributed by atoms with Gasteiger partial charge in [0, 0.05) is 13.1 Å². The minimum Gasteiger partial charge on any atom is -0.272 e. The molecule has 0 radical (unpaired) electrons. The second-order valence-corrected chi connectivity index (χ2v) is 5.95. The number of halogens is 3. The van der Waals surface area contributed by atoms with Crippen LogP contribution in [0, 0.1) is 22.6 Å². The molecule has 2 heterocycles. The topological polar surface area (TPSA) is 47.3 Å². The molecule has 0 aliphatic carbocycles. The third-order valence-electron chi connectivity index (χ3n) is 4.38. The molecule has 2 unspecified atom stereocenters. The fraction of sp³-hybridized carbons (Fsp3) is 0.467. The van der Waals surface area contributed by atoms with Crippen molar-refractivity contribution in [2.24, 2.45) is 5.41 Å². The van der Waals surface area contributed by atoms with Gasteiger partial charge in [0.05, 0.1) is 17.7 Å².